The molecule has 0 spiro atoms. The molecule has 0 bridgehead atoms. The molecule has 1 nitrogen and oxygen atoms in total. The molecule has 1 N–H and O–H groups in total. The van der Waals surface area contributed by atoms with E-state index >= 15 is 0 Å². The van der Waals surface area contributed by atoms with Gasteiger partial charge in [-0.3, -0.25) is 0 Å². The van der Waals surface area contributed by atoms with Crippen LogP contribution < -0.4 is 0 Å². The topological polar surface area (TPSA) is 20.2 Å². The Morgan fingerprint density at radius 2 is 2.27 bits per heavy atom. The first kappa shape index (κ1) is 8.08. The summed E-state index contributed by atoms with van der Waals surface area (Å²) >= 11 is 4.87. The average molecular weight is 165 g/mol. The van der Waals surface area contributed by atoms with Crippen molar-refractivity contribution in [1.29, 1.82) is 0 Å². The Hall–Kier alpha value is -1.02. The number of benzene rings is 1. The molecule has 1 aromatic carbocycles. The van der Waals surface area contributed by atoms with Crippen molar-refractivity contribution in [3.05, 3.63) is 36.4 Å². The molecule has 57 valence electrons. The van der Waals surface area contributed by atoms with Crippen molar-refractivity contribution in [2.24, 2.45) is 0 Å². The molecule has 11 heavy (non-hydrogen) atoms. The number of allylic oxidation sites excluding steroid dienone is 1. The summed E-state index contributed by atoms with van der Waals surface area (Å²) in [4.78, 5) is 0.504. The zero-order valence-electron chi connectivity index (χ0n) is 6.08. The number of aromatic hydroxyl groups is 1. The van der Waals surface area contributed by atoms with Gasteiger partial charge in [0.15, 0.2) is 0 Å². The minimum Gasteiger partial charge on any atom is -0.506 e. The van der Waals surface area contributed by atoms with Gasteiger partial charge in [-0.25, -0.2) is 0 Å². The van der Waals surface area contributed by atoms with Crippen LogP contribution in [0, 0.1) is 0 Å². The minimum atomic E-state index is 0.211. The van der Waals surface area contributed by atoms with Gasteiger partial charge in [-0.05, 0) is 18.1 Å². The summed E-state index contributed by atoms with van der Waals surface area (Å²) in [7, 11) is 0. The average Bonchev–Trinajstić information content (AvgIpc) is 1.99. The van der Waals surface area contributed by atoms with Crippen LogP contribution in [0.1, 0.15) is 5.56 Å². The van der Waals surface area contributed by atoms with E-state index in [0.717, 1.165) is 5.56 Å². The summed E-state index contributed by atoms with van der Waals surface area (Å²) in [6, 6.07) is 5.38. The van der Waals surface area contributed by atoms with Crippen LogP contribution in [0.15, 0.2) is 35.7 Å². The van der Waals surface area contributed by atoms with Gasteiger partial charge < -0.3 is 5.11 Å². The fourth-order valence-corrected chi connectivity index (χ4v) is 1.10. The number of phenols is 1. The lowest BCUT2D eigenvalue weighted by atomic mass is 10.1. The molecule has 1 aromatic rings. The van der Waals surface area contributed by atoms with Gasteiger partial charge in [-0.1, -0.05) is 30.8 Å². The van der Waals surface area contributed by atoms with Gasteiger partial charge in [0.25, 0.3) is 0 Å². The lowest BCUT2D eigenvalue weighted by Crippen LogP contribution is -1.82. The van der Waals surface area contributed by atoms with Crippen molar-refractivity contribution in [3.63, 3.8) is 0 Å². The van der Waals surface area contributed by atoms with Crippen LogP contribution in [0.4, 0.5) is 0 Å². The Kier molecular flexibility index (Phi) is 2.49. The standard InChI is InChI=1S/C9H9OS/c1-2-4-7-5-3-6-8(11)9(7)10/h2-3,5-6,10H,1,4H2. The van der Waals surface area contributed by atoms with Crippen molar-refractivity contribution < 1.29 is 5.11 Å². The molecule has 0 aromatic heterocycles. The van der Waals surface area contributed by atoms with Crippen LogP contribution in [0.2, 0.25) is 0 Å². The monoisotopic (exact) mass is 165 g/mol. The molecule has 0 heterocycles. The summed E-state index contributed by atoms with van der Waals surface area (Å²) in [5.74, 6) is 0.211. The maximum absolute atomic E-state index is 9.38. The van der Waals surface area contributed by atoms with E-state index in [1.165, 1.54) is 0 Å². The van der Waals surface area contributed by atoms with E-state index in [2.05, 4.69) is 6.58 Å². The molecule has 0 saturated carbocycles. The van der Waals surface area contributed by atoms with E-state index in [1.807, 2.05) is 12.1 Å². The first-order chi connectivity index (χ1) is 5.25. The number of hydrogen-bond donors (Lipinski definition) is 1. The Labute approximate surface area is 71.8 Å². The second-order valence-corrected chi connectivity index (χ2v) is 2.70. The van der Waals surface area contributed by atoms with Crippen LogP contribution in [-0.4, -0.2) is 5.11 Å². The van der Waals surface area contributed by atoms with E-state index in [0.29, 0.717) is 11.3 Å². The highest BCUT2D eigenvalue weighted by Gasteiger charge is 2.01. The van der Waals surface area contributed by atoms with Crippen LogP contribution in [-0.2, 0) is 6.42 Å². The van der Waals surface area contributed by atoms with Crippen molar-refractivity contribution in [2.75, 3.05) is 0 Å². The van der Waals surface area contributed by atoms with E-state index in [4.69, 9.17) is 12.6 Å². The Balaban J connectivity index is 3.05. The molecular weight excluding hydrogens is 156 g/mol. The smallest absolute Gasteiger partial charge is 0.137 e. The maximum atomic E-state index is 9.38. The van der Waals surface area contributed by atoms with Gasteiger partial charge >= 0.3 is 0 Å². The van der Waals surface area contributed by atoms with Gasteiger partial charge in [-0.2, -0.15) is 0 Å². The van der Waals surface area contributed by atoms with Gasteiger partial charge in [0.2, 0.25) is 0 Å². The summed E-state index contributed by atoms with van der Waals surface area (Å²) in [6.07, 6.45) is 2.40. The number of para-hydroxylation sites is 1. The zero-order valence-corrected chi connectivity index (χ0v) is 6.90. The van der Waals surface area contributed by atoms with Crippen molar-refractivity contribution in [1.82, 2.24) is 0 Å². The molecule has 0 atom stereocenters. The molecule has 0 unspecified atom stereocenters. The first-order valence-corrected chi connectivity index (χ1v) is 3.75. The van der Waals surface area contributed by atoms with Gasteiger partial charge in [0.05, 0.1) is 4.90 Å². The molecule has 1 radical (unpaired) electrons. The molecule has 0 aliphatic carbocycles. The lowest BCUT2D eigenvalue weighted by molar-refractivity contribution is 0.457. The normalized spacial score (nSPS) is 9.45. The third-order valence-electron chi connectivity index (χ3n) is 1.45. The molecule has 0 fully saturated rings. The summed E-state index contributed by atoms with van der Waals surface area (Å²) in [5.41, 5.74) is 0.840. The van der Waals surface area contributed by atoms with E-state index in [1.54, 1.807) is 12.1 Å². The second kappa shape index (κ2) is 3.39. The minimum absolute atomic E-state index is 0.211. The Morgan fingerprint density at radius 3 is 2.91 bits per heavy atom. The SMILES string of the molecule is C=CCc1cccc([S])c1O. The highest BCUT2D eigenvalue weighted by Crippen LogP contribution is 2.25. The Bertz CT molecular complexity index is 268. The molecule has 0 aliphatic heterocycles. The predicted octanol–water partition coefficient (Wildman–Crippen LogP) is 2.68. The molecule has 2 heteroatoms. The molecule has 0 saturated heterocycles. The lowest BCUT2D eigenvalue weighted by Gasteiger charge is -2.01. The number of rotatable bonds is 2. The fraction of sp³-hybridized carbons (Fsp3) is 0.111. The second-order valence-electron chi connectivity index (χ2n) is 2.26. The van der Waals surface area contributed by atoms with E-state index < -0.39 is 0 Å². The zero-order chi connectivity index (χ0) is 8.27. The molecular formula is C9H9OS. The summed E-state index contributed by atoms with van der Waals surface area (Å²) in [5, 5.41) is 9.38. The van der Waals surface area contributed by atoms with E-state index in [-0.39, 0.29) is 5.75 Å². The molecule has 0 aliphatic rings. The predicted molar refractivity (Wildman–Crippen MR) is 47.9 cm³/mol. The quantitative estimate of drug-likeness (QED) is 0.668. The summed E-state index contributed by atoms with van der Waals surface area (Å²) in [6.45, 7) is 3.58. The van der Waals surface area contributed by atoms with Crippen molar-refractivity contribution in [3.8, 4) is 5.75 Å². The number of phenolic OH excluding ortho intramolecular Hbond substituents is 1. The van der Waals surface area contributed by atoms with Gasteiger partial charge in [-0.15, -0.1) is 6.58 Å². The molecule has 0 amide bonds. The summed E-state index contributed by atoms with van der Waals surface area (Å²) < 4.78 is 0. The van der Waals surface area contributed by atoms with Gasteiger partial charge in [0.1, 0.15) is 5.75 Å². The van der Waals surface area contributed by atoms with Crippen LogP contribution in [0.5, 0.6) is 5.75 Å². The largest absolute Gasteiger partial charge is 0.506 e. The van der Waals surface area contributed by atoms with E-state index in [9.17, 15) is 5.11 Å². The maximum Gasteiger partial charge on any atom is 0.137 e. The van der Waals surface area contributed by atoms with Crippen LogP contribution in [0.3, 0.4) is 0 Å². The van der Waals surface area contributed by atoms with Crippen molar-refractivity contribution >= 4 is 12.6 Å². The first-order valence-electron chi connectivity index (χ1n) is 3.34. The third kappa shape index (κ3) is 1.71. The number of hydrogen-bond acceptors (Lipinski definition) is 1. The van der Waals surface area contributed by atoms with Crippen LogP contribution >= 0.6 is 12.6 Å². The third-order valence-corrected chi connectivity index (χ3v) is 1.78. The Morgan fingerprint density at radius 1 is 1.55 bits per heavy atom. The highest BCUT2D eigenvalue weighted by atomic mass is 32.1. The van der Waals surface area contributed by atoms with Crippen LogP contribution in [0.25, 0.3) is 0 Å². The highest BCUT2D eigenvalue weighted by molar-refractivity contribution is 7.80. The molecule has 1 rings (SSSR count). The van der Waals surface area contributed by atoms with Gasteiger partial charge in [0, 0.05) is 0 Å². The fourth-order valence-electron chi connectivity index (χ4n) is 0.888. The van der Waals surface area contributed by atoms with Crippen molar-refractivity contribution in [2.45, 2.75) is 11.3 Å².